The molecule has 8 heteroatoms. The Morgan fingerprint density at radius 3 is 2.12 bits per heavy atom. The van der Waals surface area contributed by atoms with E-state index in [1.165, 1.54) is 19.1 Å². The highest BCUT2D eigenvalue weighted by Crippen LogP contribution is 2.29. The van der Waals surface area contributed by atoms with Crippen LogP contribution in [-0.2, 0) is 15.8 Å². The number of hydrogen-bond acceptors (Lipinski definition) is 3. The number of halogens is 3. The van der Waals surface area contributed by atoms with Gasteiger partial charge in [-0.1, -0.05) is 6.07 Å². The Bertz CT molecular complexity index is 789. The molecule has 0 spiro atoms. The first-order valence-corrected chi connectivity index (χ1v) is 7.77. The summed E-state index contributed by atoms with van der Waals surface area (Å²) >= 11 is 0. The summed E-state index contributed by atoms with van der Waals surface area (Å²) in [5.41, 5.74) is 0.685. The Morgan fingerprint density at radius 2 is 1.54 bits per heavy atom. The van der Waals surface area contributed by atoms with Crippen LogP contribution in [-0.4, -0.2) is 17.9 Å². The number of alkyl halides is 3. The number of amides is 2. The van der Waals surface area contributed by atoms with Gasteiger partial charge in [0.1, 0.15) is 6.04 Å². The van der Waals surface area contributed by atoms with Crippen LogP contribution in [0.1, 0.15) is 19.4 Å². The zero-order chi connectivity index (χ0) is 19.3. The highest BCUT2D eigenvalue weighted by atomic mass is 19.4. The monoisotopic (exact) mass is 365 g/mol. The maximum absolute atomic E-state index is 12.5. The second-order valence-corrected chi connectivity index (χ2v) is 5.69. The molecule has 2 rings (SSSR count). The van der Waals surface area contributed by atoms with Gasteiger partial charge in [-0.3, -0.25) is 9.59 Å². The van der Waals surface area contributed by atoms with Gasteiger partial charge in [-0.25, -0.2) is 0 Å². The normalized spacial score (nSPS) is 12.2. The Kier molecular flexibility index (Phi) is 5.86. The van der Waals surface area contributed by atoms with Crippen LogP contribution in [0.25, 0.3) is 0 Å². The zero-order valence-electron chi connectivity index (χ0n) is 14.1. The van der Waals surface area contributed by atoms with Gasteiger partial charge in [-0.05, 0) is 49.4 Å². The lowest BCUT2D eigenvalue weighted by molar-refractivity contribution is -0.137. The van der Waals surface area contributed by atoms with E-state index in [0.717, 1.165) is 12.1 Å². The molecule has 2 aromatic carbocycles. The summed E-state index contributed by atoms with van der Waals surface area (Å²) < 4.78 is 37.6. The molecule has 0 aliphatic carbocycles. The first kappa shape index (κ1) is 19.3. The van der Waals surface area contributed by atoms with Crippen LogP contribution in [0.3, 0.4) is 0 Å². The van der Waals surface area contributed by atoms with Crippen molar-refractivity contribution in [2.45, 2.75) is 26.1 Å². The van der Waals surface area contributed by atoms with Gasteiger partial charge < -0.3 is 16.0 Å². The SMILES string of the molecule is CC(=O)Nc1cccc(N[C@@H](C)C(=O)Nc2ccc(C(F)(F)F)cc2)c1. The number of rotatable bonds is 5. The van der Waals surface area contributed by atoms with E-state index in [-0.39, 0.29) is 11.6 Å². The van der Waals surface area contributed by atoms with E-state index in [4.69, 9.17) is 0 Å². The second kappa shape index (κ2) is 7.90. The maximum Gasteiger partial charge on any atom is 0.416 e. The minimum atomic E-state index is -4.42. The fourth-order valence-corrected chi connectivity index (χ4v) is 2.20. The van der Waals surface area contributed by atoms with E-state index >= 15 is 0 Å². The van der Waals surface area contributed by atoms with Gasteiger partial charge >= 0.3 is 6.18 Å². The third-order valence-electron chi connectivity index (χ3n) is 3.44. The molecule has 0 bridgehead atoms. The van der Waals surface area contributed by atoms with E-state index in [0.29, 0.717) is 11.4 Å². The molecular weight excluding hydrogens is 347 g/mol. The Morgan fingerprint density at radius 1 is 0.923 bits per heavy atom. The molecule has 0 saturated heterocycles. The molecule has 0 radical (unpaired) electrons. The second-order valence-electron chi connectivity index (χ2n) is 5.69. The van der Waals surface area contributed by atoms with Gasteiger partial charge in [-0.2, -0.15) is 13.2 Å². The van der Waals surface area contributed by atoms with Crippen molar-refractivity contribution in [2.75, 3.05) is 16.0 Å². The molecule has 0 heterocycles. The van der Waals surface area contributed by atoms with Crippen LogP contribution >= 0.6 is 0 Å². The summed E-state index contributed by atoms with van der Waals surface area (Å²) in [6, 6.07) is 10.4. The first-order chi connectivity index (χ1) is 12.1. The van der Waals surface area contributed by atoms with Crippen molar-refractivity contribution in [3.8, 4) is 0 Å². The zero-order valence-corrected chi connectivity index (χ0v) is 14.1. The minimum absolute atomic E-state index is 0.213. The predicted octanol–water partition coefficient (Wildman–Crippen LogP) is 4.10. The molecule has 0 aliphatic heterocycles. The third-order valence-corrected chi connectivity index (χ3v) is 3.44. The number of benzene rings is 2. The number of anilines is 3. The highest BCUT2D eigenvalue weighted by molar-refractivity contribution is 5.96. The largest absolute Gasteiger partial charge is 0.416 e. The molecule has 0 saturated carbocycles. The summed E-state index contributed by atoms with van der Waals surface area (Å²) in [5.74, 6) is -0.620. The molecule has 26 heavy (non-hydrogen) atoms. The average molecular weight is 365 g/mol. The molecule has 0 aliphatic rings. The summed E-state index contributed by atoms with van der Waals surface area (Å²) in [6.45, 7) is 3.00. The topological polar surface area (TPSA) is 70.2 Å². The van der Waals surface area contributed by atoms with Gasteiger partial charge in [0.15, 0.2) is 0 Å². The highest BCUT2D eigenvalue weighted by Gasteiger charge is 2.30. The van der Waals surface area contributed by atoms with E-state index < -0.39 is 23.7 Å². The molecule has 2 aromatic rings. The average Bonchev–Trinajstić information content (AvgIpc) is 2.54. The number of nitrogens with one attached hydrogen (secondary N) is 3. The Labute approximate surface area is 148 Å². The number of hydrogen-bond donors (Lipinski definition) is 3. The molecule has 2 amide bonds. The van der Waals surface area contributed by atoms with Crippen molar-refractivity contribution >= 4 is 28.9 Å². The van der Waals surface area contributed by atoms with Crippen molar-refractivity contribution in [1.82, 2.24) is 0 Å². The molecule has 138 valence electrons. The first-order valence-electron chi connectivity index (χ1n) is 7.77. The van der Waals surface area contributed by atoms with Gasteiger partial charge in [0, 0.05) is 24.0 Å². The molecule has 1 atom stereocenters. The summed E-state index contributed by atoms with van der Waals surface area (Å²) in [7, 11) is 0. The smallest absolute Gasteiger partial charge is 0.374 e. The van der Waals surface area contributed by atoms with Crippen molar-refractivity contribution < 1.29 is 22.8 Å². The molecule has 3 N–H and O–H groups in total. The summed E-state index contributed by atoms with van der Waals surface area (Å²) in [5, 5.41) is 8.15. The van der Waals surface area contributed by atoms with Crippen LogP contribution in [0.4, 0.5) is 30.2 Å². The van der Waals surface area contributed by atoms with Gasteiger partial charge in [-0.15, -0.1) is 0 Å². The lowest BCUT2D eigenvalue weighted by atomic mass is 10.2. The van der Waals surface area contributed by atoms with Gasteiger partial charge in [0.05, 0.1) is 5.56 Å². The predicted molar refractivity (Wildman–Crippen MR) is 93.9 cm³/mol. The molecule has 0 fully saturated rings. The van der Waals surface area contributed by atoms with Crippen LogP contribution in [0.15, 0.2) is 48.5 Å². The standard InChI is InChI=1S/C18H18F3N3O2/c1-11(22-15-4-3-5-16(10-15)23-12(2)25)17(26)24-14-8-6-13(7-9-14)18(19,20)21/h3-11,22H,1-2H3,(H,23,25)(H,24,26)/t11-/m0/s1. The Balaban J connectivity index is 1.98. The Hall–Kier alpha value is -3.03. The van der Waals surface area contributed by atoms with Crippen LogP contribution in [0.2, 0.25) is 0 Å². The van der Waals surface area contributed by atoms with Crippen LogP contribution < -0.4 is 16.0 Å². The lowest BCUT2D eigenvalue weighted by Crippen LogP contribution is -2.31. The lowest BCUT2D eigenvalue weighted by Gasteiger charge is -2.16. The van der Waals surface area contributed by atoms with Gasteiger partial charge in [0.2, 0.25) is 11.8 Å². The number of carbonyl (C=O) groups is 2. The minimum Gasteiger partial charge on any atom is -0.374 e. The third kappa shape index (κ3) is 5.51. The van der Waals surface area contributed by atoms with E-state index in [9.17, 15) is 22.8 Å². The van der Waals surface area contributed by atoms with Crippen LogP contribution in [0.5, 0.6) is 0 Å². The molecule has 0 unspecified atom stereocenters. The molecule has 0 aromatic heterocycles. The fourth-order valence-electron chi connectivity index (χ4n) is 2.20. The fraction of sp³-hybridized carbons (Fsp3) is 0.222. The van der Waals surface area contributed by atoms with Gasteiger partial charge in [0.25, 0.3) is 0 Å². The van der Waals surface area contributed by atoms with E-state index in [2.05, 4.69) is 16.0 Å². The molecule has 5 nitrogen and oxygen atoms in total. The molecular formula is C18H18F3N3O2. The van der Waals surface area contributed by atoms with Crippen molar-refractivity contribution in [1.29, 1.82) is 0 Å². The van der Waals surface area contributed by atoms with E-state index in [1.807, 2.05) is 0 Å². The van der Waals surface area contributed by atoms with E-state index in [1.54, 1.807) is 31.2 Å². The van der Waals surface area contributed by atoms with Crippen molar-refractivity contribution in [3.05, 3.63) is 54.1 Å². The maximum atomic E-state index is 12.5. The van der Waals surface area contributed by atoms with Crippen molar-refractivity contribution in [2.24, 2.45) is 0 Å². The van der Waals surface area contributed by atoms with Crippen molar-refractivity contribution in [3.63, 3.8) is 0 Å². The summed E-state index contributed by atoms with van der Waals surface area (Å²) in [4.78, 5) is 23.3. The van der Waals surface area contributed by atoms with Crippen LogP contribution in [0, 0.1) is 0 Å². The summed E-state index contributed by atoms with van der Waals surface area (Å²) in [6.07, 6.45) is -4.42. The number of carbonyl (C=O) groups excluding carboxylic acids is 2. The quantitative estimate of drug-likeness (QED) is 0.747.